The van der Waals surface area contributed by atoms with Crippen molar-refractivity contribution in [2.24, 2.45) is 0 Å². The fourth-order valence-electron chi connectivity index (χ4n) is 3.85. The van der Waals surface area contributed by atoms with Crippen molar-refractivity contribution in [3.63, 3.8) is 0 Å². The highest BCUT2D eigenvalue weighted by Gasteiger charge is 2.37. The molecule has 1 N–H and O–H groups in total. The number of hydrogen-bond acceptors (Lipinski definition) is 2. The highest BCUT2D eigenvalue weighted by molar-refractivity contribution is 5.83. The number of aromatic hydroxyl groups is 1. The van der Waals surface area contributed by atoms with Crippen LogP contribution in [-0.2, 0) is 10.8 Å². The molecule has 0 saturated heterocycles. The van der Waals surface area contributed by atoms with Crippen LogP contribution in [-0.4, -0.2) is 11.4 Å². The first-order valence-corrected chi connectivity index (χ1v) is 8.60. The lowest BCUT2D eigenvalue weighted by Gasteiger charge is -2.42. The predicted molar refractivity (Wildman–Crippen MR) is 99.0 cm³/mol. The molecule has 0 amide bonds. The van der Waals surface area contributed by atoms with Gasteiger partial charge in [0.25, 0.3) is 0 Å². The Kier molecular flexibility index (Phi) is 3.82. The summed E-state index contributed by atoms with van der Waals surface area (Å²) in [5.74, 6) is 0.0332. The third-order valence-corrected chi connectivity index (χ3v) is 5.66. The molecule has 0 bridgehead atoms. The quantitative estimate of drug-likeness (QED) is 0.738. The second-order valence-electron chi connectivity index (χ2n) is 8.37. The van der Waals surface area contributed by atoms with Gasteiger partial charge in [-0.15, -0.1) is 0 Å². The molecule has 2 nitrogen and oxygen atoms in total. The molecule has 2 aromatic carbocycles. The van der Waals surface area contributed by atoms with E-state index in [-0.39, 0.29) is 16.6 Å². The van der Waals surface area contributed by atoms with Crippen molar-refractivity contribution >= 4 is 6.29 Å². The smallest absolute Gasteiger partial charge is 0.153 e. The van der Waals surface area contributed by atoms with Gasteiger partial charge >= 0.3 is 0 Å². The zero-order valence-corrected chi connectivity index (χ0v) is 15.2. The van der Waals surface area contributed by atoms with Gasteiger partial charge in [-0.25, -0.2) is 0 Å². The minimum atomic E-state index is 0.0332. The zero-order valence-electron chi connectivity index (χ0n) is 15.2. The first-order chi connectivity index (χ1) is 11.2. The summed E-state index contributed by atoms with van der Waals surface area (Å²) in [6.07, 6.45) is 3.07. The molecule has 0 atom stereocenters. The Hall–Kier alpha value is -2.09. The van der Waals surface area contributed by atoms with Crippen molar-refractivity contribution in [1.29, 1.82) is 0 Å². The van der Waals surface area contributed by atoms with Gasteiger partial charge in [0.1, 0.15) is 5.75 Å². The number of phenols is 1. The van der Waals surface area contributed by atoms with Gasteiger partial charge in [-0.1, -0.05) is 45.9 Å². The maximum absolute atomic E-state index is 11.2. The lowest BCUT2D eigenvalue weighted by atomic mass is 9.62. The van der Waals surface area contributed by atoms with Crippen LogP contribution in [0.15, 0.2) is 30.3 Å². The van der Waals surface area contributed by atoms with E-state index < -0.39 is 0 Å². The summed E-state index contributed by atoms with van der Waals surface area (Å²) >= 11 is 0. The summed E-state index contributed by atoms with van der Waals surface area (Å²) in [6.45, 7) is 11.4. The molecular formula is C22H26O2. The average Bonchev–Trinajstić information content (AvgIpc) is 2.52. The van der Waals surface area contributed by atoms with Crippen LogP contribution in [0.2, 0.25) is 0 Å². The number of aldehydes is 1. The summed E-state index contributed by atoms with van der Waals surface area (Å²) in [4.78, 5) is 11.2. The second kappa shape index (κ2) is 5.47. The summed E-state index contributed by atoms with van der Waals surface area (Å²) in [5, 5.41) is 9.76. The molecular weight excluding hydrogens is 296 g/mol. The molecule has 2 heteroatoms. The van der Waals surface area contributed by atoms with E-state index in [1.807, 2.05) is 6.07 Å². The van der Waals surface area contributed by atoms with Crippen LogP contribution in [0, 0.1) is 6.92 Å². The number of aryl methyl sites for hydroxylation is 1. The van der Waals surface area contributed by atoms with Crippen molar-refractivity contribution in [3.05, 3.63) is 52.6 Å². The summed E-state index contributed by atoms with van der Waals surface area (Å²) in [6, 6.07) is 9.88. The molecule has 0 aromatic heterocycles. The van der Waals surface area contributed by atoms with E-state index >= 15 is 0 Å². The molecule has 24 heavy (non-hydrogen) atoms. The van der Waals surface area contributed by atoms with Crippen LogP contribution in [0.3, 0.4) is 0 Å². The average molecular weight is 322 g/mol. The minimum absolute atomic E-state index is 0.0332. The van der Waals surface area contributed by atoms with E-state index in [0.29, 0.717) is 11.8 Å². The van der Waals surface area contributed by atoms with Gasteiger partial charge in [0.2, 0.25) is 0 Å². The normalized spacial score (nSPS) is 18.0. The number of rotatable bonds is 2. The molecule has 0 aliphatic heterocycles. The number of fused-ring (bicyclic) bond motifs is 1. The molecule has 0 heterocycles. The standard InChI is InChI=1S/C22H26O2/c1-14-10-18-19(22(4,5)9-8-21(18,2)3)12-17(14)15-6-7-20(24)16(11-15)13-23/h6-7,10-13,24H,8-9H2,1-5H3. The van der Waals surface area contributed by atoms with Crippen LogP contribution in [0.5, 0.6) is 5.75 Å². The van der Waals surface area contributed by atoms with Crippen molar-refractivity contribution in [3.8, 4) is 16.9 Å². The van der Waals surface area contributed by atoms with E-state index in [1.54, 1.807) is 12.1 Å². The van der Waals surface area contributed by atoms with Gasteiger partial charge in [-0.05, 0) is 70.5 Å². The topological polar surface area (TPSA) is 37.3 Å². The fourth-order valence-corrected chi connectivity index (χ4v) is 3.85. The lowest BCUT2D eigenvalue weighted by molar-refractivity contribution is 0.112. The molecule has 1 aliphatic carbocycles. The first kappa shape index (κ1) is 16.8. The number of hydrogen-bond donors (Lipinski definition) is 1. The van der Waals surface area contributed by atoms with Gasteiger partial charge in [-0.2, -0.15) is 0 Å². The van der Waals surface area contributed by atoms with E-state index in [1.165, 1.54) is 29.5 Å². The Bertz CT molecular complexity index is 813. The Morgan fingerprint density at radius 3 is 2.12 bits per heavy atom. The maximum atomic E-state index is 11.2. The van der Waals surface area contributed by atoms with Crippen LogP contribution in [0.25, 0.3) is 11.1 Å². The van der Waals surface area contributed by atoms with E-state index in [0.717, 1.165) is 11.1 Å². The minimum Gasteiger partial charge on any atom is -0.507 e. The Labute approximate surface area is 144 Å². The van der Waals surface area contributed by atoms with Crippen molar-refractivity contribution < 1.29 is 9.90 Å². The number of benzene rings is 2. The Balaban J connectivity index is 2.23. The molecule has 0 spiro atoms. The van der Waals surface area contributed by atoms with Crippen LogP contribution in [0.4, 0.5) is 0 Å². The third-order valence-electron chi connectivity index (χ3n) is 5.66. The van der Waals surface area contributed by atoms with E-state index in [4.69, 9.17) is 0 Å². The third kappa shape index (κ3) is 2.64. The number of carbonyl (C=O) groups is 1. The molecule has 0 saturated carbocycles. The predicted octanol–water partition coefficient (Wildman–Crippen LogP) is 5.53. The lowest BCUT2D eigenvalue weighted by Crippen LogP contribution is -2.34. The van der Waals surface area contributed by atoms with Crippen LogP contribution in [0.1, 0.15) is 67.6 Å². The molecule has 0 fully saturated rings. The molecule has 2 aromatic rings. The number of carbonyl (C=O) groups excluding carboxylic acids is 1. The SMILES string of the molecule is Cc1cc2c(cc1-c1ccc(O)c(C=O)c1)C(C)(C)CCC2(C)C. The summed E-state index contributed by atoms with van der Waals surface area (Å²) in [7, 11) is 0. The monoisotopic (exact) mass is 322 g/mol. The fraction of sp³-hybridized carbons (Fsp3) is 0.409. The van der Waals surface area contributed by atoms with Crippen molar-refractivity contribution in [2.45, 2.75) is 58.3 Å². The molecule has 126 valence electrons. The number of phenolic OH excluding ortho intramolecular Hbond substituents is 1. The van der Waals surface area contributed by atoms with Crippen molar-refractivity contribution in [2.75, 3.05) is 0 Å². The van der Waals surface area contributed by atoms with Gasteiger partial charge in [0.15, 0.2) is 6.29 Å². The van der Waals surface area contributed by atoms with Gasteiger partial charge in [0.05, 0.1) is 5.56 Å². The second-order valence-corrected chi connectivity index (χ2v) is 8.37. The van der Waals surface area contributed by atoms with Gasteiger partial charge in [-0.3, -0.25) is 4.79 Å². The van der Waals surface area contributed by atoms with Gasteiger partial charge in [0, 0.05) is 0 Å². The van der Waals surface area contributed by atoms with Crippen LogP contribution >= 0.6 is 0 Å². The highest BCUT2D eigenvalue weighted by Crippen LogP contribution is 2.47. The van der Waals surface area contributed by atoms with E-state index in [9.17, 15) is 9.90 Å². The highest BCUT2D eigenvalue weighted by atomic mass is 16.3. The molecule has 0 unspecified atom stereocenters. The van der Waals surface area contributed by atoms with Crippen molar-refractivity contribution in [1.82, 2.24) is 0 Å². The Morgan fingerprint density at radius 1 is 0.958 bits per heavy atom. The molecule has 0 radical (unpaired) electrons. The maximum Gasteiger partial charge on any atom is 0.153 e. The Morgan fingerprint density at radius 2 is 1.54 bits per heavy atom. The summed E-state index contributed by atoms with van der Waals surface area (Å²) in [5.41, 5.74) is 6.85. The van der Waals surface area contributed by atoms with E-state index in [2.05, 4.69) is 46.8 Å². The van der Waals surface area contributed by atoms with Crippen LogP contribution < -0.4 is 0 Å². The molecule has 1 aliphatic rings. The summed E-state index contributed by atoms with van der Waals surface area (Å²) < 4.78 is 0. The van der Waals surface area contributed by atoms with Gasteiger partial charge < -0.3 is 5.11 Å². The molecule has 3 rings (SSSR count). The zero-order chi connectivity index (χ0) is 17.7. The first-order valence-electron chi connectivity index (χ1n) is 8.60. The largest absolute Gasteiger partial charge is 0.507 e.